The molecular weight excluding hydrogens is 232 g/mol. The van der Waals surface area contributed by atoms with Crippen LogP contribution in [0.3, 0.4) is 0 Å². The highest BCUT2D eigenvalue weighted by atomic mass is 15.2. The standard InChI is InChI=1S/C17H36N2/c1-4-5-6-7-8-9-10-13-19-14-11-12-18-17(15-19)16(2)3/h16-18H,4-15H2,1-3H3. The van der Waals surface area contributed by atoms with Gasteiger partial charge in [0, 0.05) is 12.6 Å². The molecule has 2 heteroatoms. The van der Waals surface area contributed by atoms with Crippen molar-refractivity contribution in [3.8, 4) is 0 Å². The van der Waals surface area contributed by atoms with E-state index in [9.17, 15) is 0 Å². The molecule has 1 atom stereocenters. The molecule has 0 aromatic carbocycles. The van der Waals surface area contributed by atoms with Crippen LogP contribution in [-0.4, -0.2) is 37.1 Å². The fourth-order valence-corrected chi connectivity index (χ4v) is 2.97. The van der Waals surface area contributed by atoms with Crippen LogP contribution in [0.25, 0.3) is 0 Å². The Hall–Kier alpha value is -0.0800. The van der Waals surface area contributed by atoms with Gasteiger partial charge in [0.1, 0.15) is 0 Å². The Morgan fingerprint density at radius 2 is 1.74 bits per heavy atom. The maximum Gasteiger partial charge on any atom is 0.0217 e. The van der Waals surface area contributed by atoms with Gasteiger partial charge in [-0.2, -0.15) is 0 Å². The van der Waals surface area contributed by atoms with Crippen LogP contribution in [0.15, 0.2) is 0 Å². The molecule has 1 unspecified atom stereocenters. The molecule has 114 valence electrons. The van der Waals surface area contributed by atoms with Crippen molar-refractivity contribution in [2.75, 3.05) is 26.2 Å². The van der Waals surface area contributed by atoms with Crippen molar-refractivity contribution in [2.45, 2.75) is 78.2 Å². The fourth-order valence-electron chi connectivity index (χ4n) is 2.97. The number of rotatable bonds is 9. The van der Waals surface area contributed by atoms with Gasteiger partial charge in [-0.3, -0.25) is 0 Å². The SMILES string of the molecule is CCCCCCCCCN1CCCNC(C(C)C)C1. The second-order valence-corrected chi connectivity index (χ2v) is 6.58. The summed E-state index contributed by atoms with van der Waals surface area (Å²) in [5, 5.41) is 3.69. The Balaban J connectivity index is 2.07. The first kappa shape index (κ1) is 17.0. The Morgan fingerprint density at radius 3 is 2.42 bits per heavy atom. The van der Waals surface area contributed by atoms with Crippen LogP contribution in [0.4, 0.5) is 0 Å². The molecule has 2 nitrogen and oxygen atoms in total. The quantitative estimate of drug-likeness (QED) is 0.635. The minimum Gasteiger partial charge on any atom is -0.312 e. The molecule has 1 aliphatic heterocycles. The van der Waals surface area contributed by atoms with Crippen LogP contribution in [-0.2, 0) is 0 Å². The van der Waals surface area contributed by atoms with Gasteiger partial charge in [-0.15, -0.1) is 0 Å². The molecule has 0 bridgehead atoms. The number of hydrogen-bond donors (Lipinski definition) is 1. The maximum absolute atomic E-state index is 3.69. The molecule has 1 rings (SSSR count). The zero-order valence-electron chi connectivity index (χ0n) is 13.6. The second-order valence-electron chi connectivity index (χ2n) is 6.58. The van der Waals surface area contributed by atoms with Crippen LogP contribution in [0.1, 0.15) is 72.1 Å². The van der Waals surface area contributed by atoms with Gasteiger partial charge in [0.05, 0.1) is 0 Å². The first-order valence-corrected chi connectivity index (χ1v) is 8.69. The van der Waals surface area contributed by atoms with Crippen molar-refractivity contribution in [1.82, 2.24) is 10.2 Å². The van der Waals surface area contributed by atoms with Crippen molar-refractivity contribution >= 4 is 0 Å². The minimum absolute atomic E-state index is 0.701. The molecule has 0 aromatic rings. The van der Waals surface area contributed by atoms with Gasteiger partial charge >= 0.3 is 0 Å². The van der Waals surface area contributed by atoms with E-state index in [1.807, 2.05) is 0 Å². The van der Waals surface area contributed by atoms with E-state index in [1.54, 1.807) is 0 Å². The number of nitrogens with zero attached hydrogens (tertiary/aromatic N) is 1. The van der Waals surface area contributed by atoms with Crippen molar-refractivity contribution in [3.05, 3.63) is 0 Å². The Bertz CT molecular complexity index is 203. The molecule has 0 spiro atoms. The average molecular weight is 268 g/mol. The van der Waals surface area contributed by atoms with Gasteiger partial charge in [-0.05, 0) is 38.4 Å². The van der Waals surface area contributed by atoms with Crippen molar-refractivity contribution in [2.24, 2.45) is 5.92 Å². The smallest absolute Gasteiger partial charge is 0.0217 e. The van der Waals surface area contributed by atoms with Crippen LogP contribution >= 0.6 is 0 Å². The summed E-state index contributed by atoms with van der Waals surface area (Å²) in [6.07, 6.45) is 11.3. The molecule has 0 aliphatic carbocycles. The van der Waals surface area contributed by atoms with E-state index in [0.717, 1.165) is 5.92 Å². The van der Waals surface area contributed by atoms with E-state index in [-0.39, 0.29) is 0 Å². The van der Waals surface area contributed by atoms with E-state index in [4.69, 9.17) is 0 Å². The third kappa shape index (κ3) is 7.94. The predicted molar refractivity (Wildman–Crippen MR) is 85.7 cm³/mol. The molecule has 19 heavy (non-hydrogen) atoms. The first-order chi connectivity index (χ1) is 9.24. The highest BCUT2D eigenvalue weighted by Crippen LogP contribution is 2.11. The third-order valence-corrected chi connectivity index (χ3v) is 4.40. The predicted octanol–water partition coefficient (Wildman–Crippen LogP) is 4.06. The summed E-state index contributed by atoms with van der Waals surface area (Å²) in [7, 11) is 0. The second kappa shape index (κ2) is 10.7. The monoisotopic (exact) mass is 268 g/mol. The Morgan fingerprint density at radius 1 is 1.05 bits per heavy atom. The summed E-state index contributed by atoms with van der Waals surface area (Å²) in [5.41, 5.74) is 0. The topological polar surface area (TPSA) is 15.3 Å². The van der Waals surface area contributed by atoms with Crippen LogP contribution in [0.5, 0.6) is 0 Å². The van der Waals surface area contributed by atoms with Crippen molar-refractivity contribution in [1.29, 1.82) is 0 Å². The number of nitrogens with one attached hydrogen (secondary N) is 1. The molecule has 1 heterocycles. The molecule has 1 saturated heterocycles. The first-order valence-electron chi connectivity index (χ1n) is 8.69. The van der Waals surface area contributed by atoms with Crippen molar-refractivity contribution in [3.63, 3.8) is 0 Å². The molecule has 0 aromatic heterocycles. The van der Waals surface area contributed by atoms with Gasteiger partial charge in [-0.1, -0.05) is 59.3 Å². The van der Waals surface area contributed by atoms with E-state index in [0.29, 0.717) is 6.04 Å². The van der Waals surface area contributed by atoms with E-state index < -0.39 is 0 Å². The molecule has 1 fully saturated rings. The lowest BCUT2D eigenvalue weighted by molar-refractivity contribution is 0.241. The largest absolute Gasteiger partial charge is 0.312 e. The van der Waals surface area contributed by atoms with E-state index in [2.05, 4.69) is 31.0 Å². The Labute approximate surface area is 121 Å². The molecule has 1 N–H and O–H groups in total. The van der Waals surface area contributed by atoms with E-state index >= 15 is 0 Å². The zero-order valence-corrected chi connectivity index (χ0v) is 13.6. The third-order valence-electron chi connectivity index (χ3n) is 4.40. The number of hydrogen-bond acceptors (Lipinski definition) is 2. The van der Waals surface area contributed by atoms with Crippen LogP contribution in [0, 0.1) is 5.92 Å². The molecule has 1 aliphatic rings. The van der Waals surface area contributed by atoms with Gasteiger partial charge in [-0.25, -0.2) is 0 Å². The molecule has 0 amide bonds. The lowest BCUT2D eigenvalue weighted by Gasteiger charge is -2.26. The molecule has 0 radical (unpaired) electrons. The summed E-state index contributed by atoms with van der Waals surface area (Å²) in [4.78, 5) is 2.69. The maximum atomic E-state index is 3.69. The summed E-state index contributed by atoms with van der Waals surface area (Å²) in [6.45, 7) is 12.1. The average Bonchev–Trinajstić information content (AvgIpc) is 2.63. The summed E-state index contributed by atoms with van der Waals surface area (Å²) < 4.78 is 0. The minimum atomic E-state index is 0.701. The van der Waals surface area contributed by atoms with Crippen molar-refractivity contribution < 1.29 is 0 Å². The number of unbranched alkanes of at least 4 members (excludes halogenated alkanes) is 6. The van der Waals surface area contributed by atoms with Crippen LogP contribution in [0.2, 0.25) is 0 Å². The zero-order chi connectivity index (χ0) is 13.9. The van der Waals surface area contributed by atoms with E-state index in [1.165, 1.54) is 77.5 Å². The van der Waals surface area contributed by atoms with Gasteiger partial charge in [0.25, 0.3) is 0 Å². The lowest BCUT2D eigenvalue weighted by Crippen LogP contribution is -2.41. The summed E-state index contributed by atoms with van der Waals surface area (Å²) in [5.74, 6) is 0.759. The highest BCUT2D eigenvalue weighted by molar-refractivity contribution is 4.78. The van der Waals surface area contributed by atoms with Gasteiger partial charge in [0.15, 0.2) is 0 Å². The Kier molecular flexibility index (Phi) is 9.54. The highest BCUT2D eigenvalue weighted by Gasteiger charge is 2.19. The fraction of sp³-hybridized carbons (Fsp3) is 1.00. The van der Waals surface area contributed by atoms with Gasteiger partial charge in [0.2, 0.25) is 0 Å². The van der Waals surface area contributed by atoms with Gasteiger partial charge < -0.3 is 10.2 Å². The lowest BCUT2D eigenvalue weighted by atomic mass is 10.0. The summed E-state index contributed by atoms with van der Waals surface area (Å²) >= 11 is 0. The normalized spacial score (nSPS) is 21.8. The van der Waals surface area contributed by atoms with Crippen LogP contribution < -0.4 is 5.32 Å². The molecular formula is C17H36N2. The molecule has 0 saturated carbocycles. The summed E-state index contributed by atoms with van der Waals surface area (Å²) in [6, 6.07) is 0.701.